The van der Waals surface area contributed by atoms with Crippen LogP contribution in [0.15, 0.2) is 18.2 Å². The first-order valence-electron chi connectivity index (χ1n) is 14.0. The van der Waals surface area contributed by atoms with Crippen molar-refractivity contribution in [3.8, 4) is 0 Å². The topological polar surface area (TPSA) is 151 Å². The van der Waals surface area contributed by atoms with E-state index in [9.17, 15) is 24.0 Å². The van der Waals surface area contributed by atoms with Gasteiger partial charge < -0.3 is 26.6 Å². The van der Waals surface area contributed by atoms with E-state index in [1.807, 2.05) is 39.8 Å². The first-order valence-corrected chi connectivity index (χ1v) is 14.0. The van der Waals surface area contributed by atoms with Crippen molar-refractivity contribution < 1.29 is 24.0 Å². The van der Waals surface area contributed by atoms with Gasteiger partial charge in [-0.1, -0.05) is 32.0 Å². The molecular formula is C29H45N5O5. The van der Waals surface area contributed by atoms with Gasteiger partial charge in [-0.15, -0.1) is 0 Å². The Morgan fingerprint density at radius 3 is 2.31 bits per heavy atom. The maximum absolute atomic E-state index is 13.5. The molecule has 1 heterocycles. The second-order valence-corrected chi connectivity index (χ2v) is 10.5. The Hall–Kier alpha value is -3.43. The molecule has 0 saturated carbocycles. The molecule has 0 bridgehead atoms. The smallest absolute Gasteiger partial charge is 0.243 e. The molecule has 5 amide bonds. The molecule has 1 aromatic carbocycles. The van der Waals surface area contributed by atoms with Crippen molar-refractivity contribution in [2.45, 2.75) is 97.7 Å². The number of hydrogen-bond acceptors (Lipinski definition) is 5. The van der Waals surface area contributed by atoms with Gasteiger partial charge in [0.2, 0.25) is 29.5 Å². The number of benzene rings is 1. The summed E-state index contributed by atoms with van der Waals surface area (Å²) in [5, 5.41) is 8.25. The van der Waals surface area contributed by atoms with Crippen molar-refractivity contribution in [2.24, 2.45) is 11.7 Å². The number of likely N-dealkylation sites (tertiary alicyclic amines) is 1. The van der Waals surface area contributed by atoms with E-state index in [0.717, 1.165) is 16.7 Å². The van der Waals surface area contributed by atoms with E-state index < -0.39 is 35.8 Å². The third-order valence-corrected chi connectivity index (χ3v) is 7.46. The van der Waals surface area contributed by atoms with Crippen LogP contribution in [0.4, 0.5) is 0 Å². The zero-order valence-electron chi connectivity index (χ0n) is 24.0. The molecule has 1 aliphatic rings. The maximum Gasteiger partial charge on any atom is 0.243 e. The fraction of sp³-hybridized carbons (Fsp3) is 0.621. The van der Waals surface area contributed by atoms with Gasteiger partial charge in [0.05, 0.1) is 0 Å². The zero-order valence-corrected chi connectivity index (χ0v) is 24.0. The Labute approximate surface area is 231 Å². The van der Waals surface area contributed by atoms with E-state index in [4.69, 9.17) is 5.73 Å². The van der Waals surface area contributed by atoms with Crippen LogP contribution in [-0.2, 0) is 30.4 Å². The van der Waals surface area contributed by atoms with E-state index in [0.29, 0.717) is 45.2 Å². The van der Waals surface area contributed by atoms with Gasteiger partial charge in [-0.3, -0.25) is 24.0 Å². The number of nitrogens with one attached hydrogen (secondary N) is 3. The minimum Gasteiger partial charge on any atom is -0.370 e. The molecule has 0 radical (unpaired) electrons. The lowest BCUT2D eigenvalue weighted by Crippen LogP contribution is -2.56. The van der Waals surface area contributed by atoms with Crippen LogP contribution in [0.2, 0.25) is 0 Å². The van der Waals surface area contributed by atoms with E-state index in [1.165, 1.54) is 0 Å². The van der Waals surface area contributed by atoms with Crippen LogP contribution in [0.1, 0.15) is 76.0 Å². The van der Waals surface area contributed by atoms with E-state index in [1.54, 1.807) is 11.8 Å². The van der Waals surface area contributed by atoms with Gasteiger partial charge in [0, 0.05) is 25.4 Å². The Bertz CT molecular complexity index is 1040. The van der Waals surface area contributed by atoms with Crippen LogP contribution in [0.5, 0.6) is 0 Å². The van der Waals surface area contributed by atoms with Gasteiger partial charge in [-0.2, -0.15) is 0 Å². The summed E-state index contributed by atoms with van der Waals surface area (Å²) >= 11 is 0. The Morgan fingerprint density at radius 2 is 1.69 bits per heavy atom. The van der Waals surface area contributed by atoms with Gasteiger partial charge in [0.15, 0.2) is 0 Å². The van der Waals surface area contributed by atoms with Gasteiger partial charge >= 0.3 is 0 Å². The highest BCUT2D eigenvalue weighted by Crippen LogP contribution is 2.22. The van der Waals surface area contributed by atoms with Crippen LogP contribution in [0, 0.1) is 19.8 Å². The fourth-order valence-corrected chi connectivity index (χ4v) is 4.69. The Morgan fingerprint density at radius 1 is 1.00 bits per heavy atom. The summed E-state index contributed by atoms with van der Waals surface area (Å²) in [4.78, 5) is 65.3. The van der Waals surface area contributed by atoms with E-state index in [2.05, 4.69) is 22.0 Å². The molecule has 1 unspecified atom stereocenters. The largest absolute Gasteiger partial charge is 0.370 e. The summed E-state index contributed by atoms with van der Waals surface area (Å²) < 4.78 is 0. The summed E-state index contributed by atoms with van der Waals surface area (Å²) in [7, 11) is 0. The van der Waals surface area contributed by atoms with Gasteiger partial charge in [0.1, 0.15) is 18.1 Å². The lowest BCUT2D eigenvalue weighted by molar-refractivity contribution is -0.142. The molecule has 1 saturated heterocycles. The number of carbonyl (C=O) groups is 5. The molecule has 1 aromatic rings. The minimum atomic E-state index is -0.971. The van der Waals surface area contributed by atoms with E-state index in [-0.39, 0.29) is 30.6 Å². The number of amides is 5. The first-order chi connectivity index (χ1) is 18.5. The number of primary amides is 1. The number of likely N-dealkylation sites (N-methyl/N-ethyl adjacent to an activating group) is 1. The standard InChI is InChI=1S/C29H45N5O5/c1-6-18(3)29(39)34-16-8-9-24(34)28(38)33-23(13-12-21-11-10-19(4)20(5)17-21)27(37)32-22(14-15-25(30)35)26(36)31-7-2/h10-11,17-18,22-24H,6-9,12-16H2,1-5H3,(H2,30,35)(H,31,36)(H,32,37)(H,33,38)/t18?,22-,23-,24-/m0/s1. The molecule has 39 heavy (non-hydrogen) atoms. The number of hydrogen-bond donors (Lipinski definition) is 4. The SMILES string of the molecule is CCNC(=O)[C@H](CCC(N)=O)NC(=O)[C@H](CCc1ccc(C)c(C)c1)NC(=O)[C@@H]1CCCN1C(=O)C(C)CC. The zero-order chi connectivity index (χ0) is 29.1. The van der Waals surface area contributed by atoms with Crippen molar-refractivity contribution in [3.05, 3.63) is 34.9 Å². The third kappa shape index (κ3) is 9.37. The first kappa shape index (κ1) is 31.8. The molecule has 1 fully saturated rings. The Balaban J connectivity index is 2.24. The van der Waals surface area contributed by atoms with Crippen LogP contribution in [-0.4, -0.2) is 65.7 Å². The number of rotatable bonds is 14. The van der Waals surface area contributed by atoms with Crippen molar-refractivity contribution >= 4 is 29.5 Å². The summed E-state index contributed by atoms with van der Waals surface area (Å²) in [6.07, 6.45) is 2.71. The predicted molar refractivity (Wildman–Crippen MR) is 149 cm³/mol. The predicted octanol–water partition coefficient (Wildman–Crippen LogP) is 1.64. The Kier molecular flexibility index (Phi) is 12.4. The normalized spacial score (nSPS) is 17.2. The molecule has 0 aromatic heterocycles. The maximum atomic E-state index is 13.5. The third-order valence-electron chi connectivity index (χ3n) is 7.46. The lowest BCUT2D eigenvalue weighted by atomic mass is 9.99. The second-order valence-electron chi connectivity index (χ2n) is 10.5. The van der Waals surface area contributed by atoms with Crippen molar-refractivity contribution in [1.29, 1.82) is 0 Å². The summed E-state index contributed by atoms with van der Waals surface area (Å²) in [5.74, 6) is -2.15. The van der Waals surface area contributed by atoms with Crippen LogP contribution in [0.3, 0.4) is 0 Å². The van der Waals surface area contributed by atoms with Gasteiger partial charge in [-0.25, -0.2) is 0 Å². The molecule has 2 rings (SSSR count). The number of aryl methyl sites for hydroxylation is 3. The molecule has 0 aliphatic carbocycles. The number of carbonyl (C=O) groups excluding carboxylic acids is 5. The highest BCUT2D eigenvalue weighted by atomic mass is 16.2. The molecule has 4 atom stereocenters. The summed E-state index contributed by atoms with van der Waals surface area (Å²) in [6, 6.07) is 3.51. The van der Waals surface area contributed by atoms with Crippen molar-refractivity contribution in [1.82, 2.24) is 20.9 Å². The summed E-state index contributed by atoms with van der Waals surface area (Å²) in [6.45, 7) is 10.4. The number of nitrogens with zero attached hydrogens (tertiary/aromatic N) is 1. The fourth-order valence-electron chi connectivity index (χ4n) is 4.69. The average Bonchev–Trinajstić information content (AvgIpc) is 3.39. The molecular weight excluding hydrogens is 498 g/mol. The monoisotopic (exact) mass is 543 g/mol. The second kappa shape index (κ2) is 15.2. The van der Waals surface area contributed by atoms with Gasteiger partial charge in [-0.05, 0) is 76.0 Å². The molecule has 216 valence electrons. The van der Waals surface area contributed by atoms with Gasteiger partial charge in [0.25, 0.3) is 0 Å². The average molecular weight is 544 g/mol. The van der Waals surface area contributed by atoms with Crippen LogP contribution < -0.4 is 21.7 Å². The molecule has 5 N–H and O–H groups in total. The van der Waals surface area contributed by atoms with Crippen LogP contribution in [0.25, 0.3) is 0 Å². The molecule has 10 heteroatoms. The molecule has 1 aliphatic heterocycles. The quantitative estimate of drug-likeness (QED) is 0.281. The van der Waals surface area contributed by atoms with Crippen LogP contribution >= 0.6 is 0 Å². The molecule has 10 nitrogen and oxygen atoms in total. The number of nitrogens with two attached hydrogens (primary N) is 1. The highest BCUT2D eigenvalue weighted by molar-refractivity contribution is 5.94. The molecule has 0 spiro atoms. The van der Waals surface area contributed by atoms with E-state index >= 15 is 0 Å². The lowest BCUT2D eigenvalue weighted by Gasteiger charge is -2.29. The summed E-state index contributed by atoms with van der Waals surface area (Å²) in [5.41, 5.74) is 8.58. The minimum absolute atomic E-state index is 0.0462. The van der Waals surface area contributed by atoms with Crippen molar-refractivity contribution in [3.63, 3.8) is 0 Å². The highest BCUT2D eigenvalue weighted by Gasteiger charge is 2.37. The van der Waals surface area contributed by atoms with Crippen molar-refractivity contribution in [2.75, 3.05) is 13.1 Å².